The molecule has 0 radical (unpaired) electrons. The number of nitrogens with zero attached hydrogens (tertiary/aromatic N) is 1. The second-order valence-electron chi connectivity index (χ2n) is 3.88. The molecular weight excluding hydrogens is 226 g/mol. The number of hydrogen-bond donors (Lipinski definition) is 0. The van der Waals surface area contributed by atoms with Crippen LogP contribution in [0.3, 0.4) is 0 Å². The molecule has 0 saturated heterocycles. The topological polar surface area (TPSA) is 3.24 Å². The van der Waals surface area contributed by atoms with Crippen LogP contribution in [-0.4, -0.2) is 29.9 Å². The Hall–Kier alpha value is 0.440. The van der Waals surface area contributed by atoms with Crippen molar-refractivity contribution in [2.24, 2.45) is 5.92 Å². The summed E-state index contributed by atoms with van der Waals surface area (Å²) in [4.78, 5) is 2.56. The van der Waals surface area contributed by atoms with Gasteiger partial charge in [0.2, 0.25) is 0 Å². The fraction of sp³-hybridized carbons (Fsp3) is 1.00. The summed E-state index contributed by atoms with van der Waals surface area (Å²) in [6.45, 7) is 10.6. The average molecular weight is 250 g/mol. The van der Waals surface area contributed by atoms with Crippen molar-refractivity contribution < 1.29 is 0 Å². The number of halogens is 1. The second kappa shape index (κ2) is 9.01. The molecule has 2 heteroatoms. The van der Waals surface area contributed by atoms with Crippen molar-refractivity contribution in [1.29, 1.82) is 0 Å². The van der Waals surface area contributed by atoms with Gasteiger partial charge in [-0.2, -0.15) is 0 Å². The summed E-state index contributed by atoms with van der Waals surface area (Å²) in [5.74, 6) is 0.857. The molecule has 0 aliphatic carbocycles. The molecule has 0 rings (SSSR count). The summed E-state index contributed by atoms with van der Waals surface area (Å²) in [6.07, 6.45) is 3.95. The minimum absolute atomic E-state index is 0.857. The first-order valence-corrected chi connectivity index (χ1v) is 6.65. The molecule has 0 aliphatic heterocycles. The molecule has 80 valence electrons. The van der Waals surface area contributed by atoms with Crippen molar-refractivity contribution in [2.75, 3.05) is 25.0 Å². The van der Waals surface area contributed by atoms with E-state index >= 15 is 0 Å². The lowest BCUT2D eigenvalue weighted by atomic mass is 10.1. The van der Waals surface area contributed by atoms with Gasteiger partial charge in [-0.25, -0.2) is 0 Å². The highest BCUT2D eigenvalue weighted by Crippen LogP contribution is 2.08. The van der Waals surface area contributed by atoms with Gasteiger partial charge in [-0.1, -0.05) is 43.1 Å². The van der Waals surface area contributed by atoms with Gasteiger partial charge in [0.25, 0.3) is 0 Å². The van der Waals surface area contributed by atoms with Crippen LogP contribution in [-0.2, 0) is 0 Å². The Balaban J connectivity index is 3.64. The van der Waals surface area contributed by atoms with Gasteiger partial charge in [-0.15, -0.1) is 0 Å². The van der Waals surface area contributed by atoms with Gasteiger partial charge in [-0.3, -0.25) is 0 Å². The van der Waals surface area contributed by atoms with Crippen LogP contribution in [0.4, 0.5) is 0 Å². The fourth-order valence-electron chi connectivity index (χ4n) is 1.75. The molecule has 0 N–H and O–H groups in total. The third-order valence-electron chi connectivity index (χ3n) is 2.29. The Kier molecular flexibility index (Phi) is 9.32. The Morgan fingerprint density at radius 2 is 1.85 bits per heavy atom. The van der Waals surface area contributed by atoms with Crippen LogP contribution >= 0.6 is 15.9 Å². The zero-order valence-electron chi connectivity index (χ0n) is 9.35. The van der Waals surface area contributed by atoms with Gasteiger partial charge in [0.15, 0.2) is 0 Å². The highest BCUT2D eigenvalue weighted by molar-refractivity contribution is 9.09. The number of hydrogen-bond acceptors (Lipinski definition) is 1. The predicted octanol–water partition coefficient (Wildman–Crippen LogP) is 3.53. The molecule has 0 amide bonds. The van der Waals surface area contributed by atoms with Gasteiger partial charge < -0.3 is 4.90 Å². The van der Waals surface area contributed by atoms with E-state index in [0.29, 0.717) is 0 Å². The summed E-state index contributed by atoms with van der Waals surface area (Å²) >= 11 is 3.51. The summed E-state index contributed by atoms with van der Waals surface area (Å²) < 4.78 is 0. The van der Waals surface area contributed by atoms with E-state index in [9.17, 15) is 0 Å². The molecular formula is C11H24BrN. The highest BCUT2D eigenvalue weighted by Gasteiger charge is 2.07. The van der Waals surface area contributed by atoms with Gasteiger partial charge in [0.05, 0.1) is 0 Å². The first kappa shape index (κ1) is 13.4. The van der Waals surface area contributed by atoms with Crippen molar-refractivity contribution in [3.8, 4) is 0 Å². The first-order valence-electron chi connectivity index (χ1n) is 5.52. The molecule has 0 bridgehead atoms. The van der Waals surface area contributed by atoms with Crippen LogP contribution in [0.1, 0.15) is 40.0 Å². The van der Waals surface area contributed by atoms with Gasteiger partial charge in [0.1, 0.15) is 0 Å². The third-order valence-corrected chi connectivity index (χ3v) is 2.65. The monoisotopic (exact) mass is 249 g/mol. The van der Waals surface area contributed by atoms with Gasteiger partial charge >= 0.3 is 0 Å². The van der Waals surface area contributed by atoms with Crippen LogP contribution in [0.2, 0.25) is 0 Å². The summed E-state index contributed by atoms with van der Waals surface area (Å²) in [5, 5.41) is 1.10. The molecule has 13 heavy (non-hydrogen) atoms. The zero-order valence-corrected chi connectivity index (χ0v) is 10.9. The molecule has 0 aliphatic rings. The van der Waals surface area contributed by atoms with E-state index in [1.54, 1.807) is 0 Å². The minimum Gasteiger partial charge on any atom is -0.302 e. The van der Waals surface area contributed by atoms with Gasteiger partial charge in [-0.05, 0) is 25.3 Å². The van der Waals surface area contributed by atoms with Crippen LogP contribution < -0.4 is 0 Å². The van der Waals surface area contributed by atoms with E-state index in [4.69, 9.17) is 0 Å². The maximum absolute atomic E-state index is 3.51. The molecule has 1 nitrogen and oxygen atoms in total. The van der Waals surface area contributed by atoms with Crippen molar-refractivity contribution in [3.63, 3.8) is 0 Å². The van der Waals surface area contributed by atoms with Crippen molar-refractivity contribution >= 4 is 15.9 Å². The molecule has 0 saturated carbocycles. The number of alkyl halides is 1. The van der Waals surface area contributed by atoms with E-state index in [0.717, 1.165) is 11.2 Å². The largest absolute Gasteiger partial charge is 0.302 e. The van der Waals surface area contributed by atoms with Crippen molar-refractivity contribution in [1.82, 2.24) is 4.90 Å². The first-order chi connectivity index (χ1) is 6.24. The van der Waals surface area contributed by atoms with Crippen molar-refractivity contribution in [3.05, 3.63) is 0 Å². The van der Waals surface area contributed by atoms with E-state index in [2.05, 4.69) is 41.6 Å². The van der Waals surface area contributed by atoms with E-state index in [-0.39, 0.29) is 0 Å². The molecule has 1 atom stereocenters. The van der Waals surface area contributed by atoms with Gasteiger partial charge in [0, 0.05) is 18.4 Å². The molecule has 0 fully saturated rings. The maximum atomic E-state index is 3.51. The zero-order chi connectivity index (χ0) is 10.1. The Morgan fingerprint density at radius 1 is 1.15 bits per heavy atom. The van der Waals surface area contributed by atoms with E-state index in [1.807, 2.05) is 0 Å². The lowest BCUT2D eigenvalue weighted by Crippen LogP contribution is -2.31. The normalized spacial score (nSPS) is 13.6. The van der Waals surface area contributed by atoms with Crippen LogP contribution in [0, 0.1) is 5.92 Å². The Bertz CT molecular complexity index is 100. The second-order valence-corrected chi connectivity index (χ2v) is 4.68. The summed E-state index contributed by atoms with van der Waals surface area (Å²) in [7, 11) is 0. The number of rotatable bonds is 8. The van der Waals surface area contributed by atoms with Crippen LogP contribution in [0.25, 0.3) is 0 Å². The maximum Gasteiger partial charge on any atom is 0.0159 e. The molecule has 0 aromatic heterocycles. The Morgan fingerprint density at radius 3 is 2.31 bits per heavy atom. The van der Waals surface area contributed by atoms with Crippen LogP contribution in [0.15, 0.2) is 0 Å². The summed E-state index contributed by atoms with van der Waals surface area (Å²) in [5.41, 5.74) is 0. The standard InChI is InChI=1S/C11H24BrN/c1-4-6-11(3)10-13(8-5-2)9-7-12/h11H,4-10H2,1-3H3. The third kappa shape index (κ3) is 7.51. The van der Waals surface area contributed by atoms with Crippen LogP contribution in [0.5, 0.6) is 0 Å². The van der Waals surface area contributed by atoms with E-state index in [1.165, 1.54) is 38.9 Å². The fourth-order valence-corrected chi connectivity index (χ4v) is 2.26. The Labute approximate surface area is 92.0 Å². The quantitative estimate of drug-likeness (QED) is 0.596. The smallest absolute Gasteiger partial charge is 0.0159 e. The lowest BCUT2D eigenvalue weighted by Gasteiger charge is -2.24. The molecule has 1 unspecified atom stereocenters. The molecule has 0 aromatic carbocycles. The summed E-state index contributed by atoms with van der Waals surface area (Å²) in [6, 6.07) is 0. The predicted molar refractivity (Wildman–Crippen MR) is 64.6 cm³/mol. The minimum atomic E-state index is 0.857. The average Bonchev–Trinajstić information content (AvgIpc) is 2.05. The SMILES string of the molecule is CCCC(C)CN(CCC)CCBr. The lowest BCUT2D eigenvalue weighted by molar-refractivity contribution is 0.245. The molecule has 0 heterocycles. The van der Waals surface area contributed by atoms with E-state index < -0.39 is 0 Å². The highest BCUT2D eigenvalue weighted by atomic mass is 79.9. The molecule has 0 spiro atoms. The van der Waals surface area contributed by atoms with Crippen molar-refractivity contribution in [2.45, 2.75) is 40.0 Å². The molecule has 0 aromatic rings.